The zero-order chi connectivity index (χ0) is 20.2. The third-order valence-electron chi connectivity index (χ3n) is 4.32. The molecule has 4 nitrogen and oxygen atoms in total. The Bertz CT molecular complexity index is 681. The number of unbranched alkanes of at least 4 members (excludes halogenated alkanes) is 2. The van der Waals surface area contributed by atoms with Crippen molar-refractivity contribution in [3.63, 3.8) is 0 Å². The predicted octanol–water partition coefficient (Wildman–Crippen LogP) is 5.24. The molecule has 0 atom stereocenters. The van der Waals surface area contributed by atoms with E-state index in [9.17, 15) is 9.59 Å². The van der Waals surface area contributed by atoms with Crippen molar-refractivity contribution in [3.8, 4) is 11.1 Å². The molecular weight excluding hydrogens is 578 g/mol. The van der Waals surface area contributed by atoms with Crippen LogP contribution in [0, 0.1) is 0 Å². The number of hydrogen-bond donors (Lipinski definition) is 2. The number of alkyl halides is 2. The third kappa shape index (κ3) is 7.69. The number of halogens is 2. The van der Waals surface area contributed by atoms with Crippen molar-refractivity contribution in [2.45, 2.75) is 25.7 Å². The molecule has 2 aromatic carbocycles. The van der Waals surface area contributed by atoms with Gasteiger partial charge in [0.2, 0.25) is 0 Å². The van der Waals surface area contributed by atoms with Gasteiger partial charge in [-0.3, -0.25) is 9.59 Å². The summed E-state index contributed by atoms with van der Waals surface area (Å²) in [6.45, 7) is 1.43. The average molecular weight is 604 g/mol. The Labute approximate surface area is 194 Å². The Morgan fingerprint density at radius 2 is 0.964 bits per heavy atom. The molecule has 2 N–H and O–H groups in total. The van der Waals surface area contributed by atoms with Crippen molar-refractivity contribution in [3.05, 3.63) is 59.7 Å². The van der Waals surface area contributed by atoms with Crippen LogP contribution in [-0.4, -0.2) is 33.8 Å². The summed E-state index contributed by atoms with van der Waals surface area (Å²) >= 11 is 4.69. The Morgan fingerprint density at radius 1 is 0.607 bits per heavy atom. The van der Waals surface area contributed by atoms with Crippen molar-refractivity contribution in [1.29, 1.82) is 0 Å². The maximum atomic E-state index is 12.1. The molecule has 2 rings (SSSR count). The van der Waals surface area contributed by atoms with E-state index in [4.69, 9.17) is 0 Å². The summed E-state index contributed by atoms with van der Waals surface area (Å²) in [4.78, 5) is 24.3. The molecule has 0 saturated carbocycles. The molecule has 28 heavy (non-hydrogen) atoms. The Hall–Kier alpha value is -1.16. The molecule has 0 heterocycles. The first-order valence-corrected chi connectivity index (χ1v) is 12.6. The third-order valence-corrected chi connectivity index (χ3v) is 5.85. The fourth-order valence-corrected chi connectivity index (χ4v) is 3.75. The second-order valence-electron chi connectivity index (χ2n) is 6.46. The number of rotatable bonds is 11. The number of carbonyl (C=O) groups excluding carboxylic acids is 2. The minimum Gasteiger partial charge on any atom is -0.352 e. The van der Waals surface area contributed by atoms with E-state index in [1.54, 1.807) is 0 Å². The van der Waals surface area contributed by atoms with Crippen molar-refractivity contribution in [2.75, 3.05) is 21.9 Å². The molecule has 0 aromatic heterocycles. The van der Waals surface area contributed by atoms with Crippen LogP contribution in [0.2, 0.25) is 0 Å². The maximum Gasteiger partial charge on any atom is 0.251 e. The highest BCUT2D eigenvalue weighted by Crippen LogP contribution is 2.20. The highest BCUT2D eigenvalue weighted by atomic mass is 127. The van der Waals surface area contributed by atoms with Crippen LogP contribution < -0.4 is 10.6 Å². The average Bonchev–Trinajstić information content (AvgIpc) is 2.74. The number of benzene rings is 2. The standard InChI is InChI=1S/C22H26I2N2O2/c23-13-1-3-15-25-21(27)19-9-5-17(6-10-19)18-7-11-20(12-8-18)22(28)26-16-4-2-14-24/h5-12H,1-4,13-16H2,(H,25,27)(H,26,28). The van der Waals surface area contributed by atoms with Gasteiger partial charge < -0.3 is 10.6 Å². The van der Waals surface area contributed by atoms with E-state index in [2.05, 4.69) is 55.8 Å². The lowest BCUT2D eigenvalue weighted by molar-refractivity contribution is 0.0945. The van der Waals surface area contributed by atoms with Crippen LogP contribution >= 0.6 is 45.2 Å². The summed E-state index contributed by atoms with van der Waals surface area (Å²) in [5.74, 6) is -0.0656. The summed E-state index contributed by atoms with van der Waals surface area (Å²) in [5.41, 5.74) is 3.38. The maximum absolute atomic E-state index is 12.1. The lowest BCUT2D eigenvalue weighted by Gasteiger charge is -2.08. The van der Waals surface area contributed by atoms with Crippen LogP contribution in [0.3, 0.4) is 0 Å². The molecule has 6 heteroatoms. The predicted molar refractivity (Wildman–Crippen MR) is 133 cm³/mol. The molecule has 2 aromatic rings. The molecular formula is C22H26I2N2O2. The lowest BCUT2D eigenvalue weighted by Crippen LogP contribution is -2.24. The van der Waals surface area contributed by atoms with Gasteiger partial charge in [-0.1, -0.05) is 69.4 Å². The van der Waals surface area contributed by atoms with Gasteiger partial charge in [0.1, 0.15) is 0 Å². The second kappa shape index (κ2) is 13.1. The molecule has 0 aliphatic rings. The van der Waals surface area contributed by atoms with Gasteiger partial charge in [-0.2, -0.15) is 0 Å². The molecule has 0 spiro atoms. The van der Waals surface area contributed by atoms with Gasteiger partial charge in [-0.25, -0.2) is 0 Å². The SMILES string of the molecule is O=C(NCCCCI)c1ccc(-c2ccc(C(=O)NCCCCI)cc2)cc1. The van der Waals surface area contributed by atoms with Crippen molar-refractivity contribution in [2.24, 2.45) is 0 Å². The van der Waals surface area contributed by atoms with Gasteiger partial charge in [0.05, 0.1) is 0 Å². The molecule has 0 bridgehead atoms. The van der Waals surface area contributed by atoms with Crippen LogP contribution in [-0.2, 0) is 0 Å². The summed E-state index contributed by atoms with van der Waals surface area (Å²) in [6.07, 6.45) is 4.24. The van der Waals surface area contributed by atoms with Crippen molar-refractivity contribution in [1.82, 2.24) is 10.6 Å². The molecule has 0 fully saturated rings. The van der Waals surface area contributed by atoms with Gasteiger partial charge in [0.25, 0.3) is 11.8 Å². The van der Waals surface area contributed by atoms with E-state index >= 15 is 0 Å². The largest absolute Gasteiger partial charge is 0.352 e. The van der Waals surface area contributed by atoms with Gasteiger partial charge >= 0.3 is 0 Å². The number of amides is 2. The number of hydrogen-bond acceptors (Lipinski definition) is 2. The zero-order valence-electron chi connectivity index (χ0n) is 15.8. The van der Waals surface area contributed by atoms with Gasteiger partial charge in [-0.05, 0) is 69.9 Å². The Balaban J connectivity index is 1.91. The summed E-state index contributed by atoms with van der Waals surface area (Å²) in [7, 11) is 0. The topological polar surface area (TPSA) is 58.2 Å². The number of nitrogens with one attached hydrogen (secondary N) is 2. The lowest BCUT2D eigenvalue weighted by atomic mass is 10.0. The van der Waals surface area contributed by atoms with E-state index in [-0.39, 0.29) is 11.8 Å². The monoisotopic (exact) mass is 604 g/mol. The first-order chi connectivity index (χ1) is 13.7. The van der Waals surface area contributed by atoms with Gasteiger partial charge in [0.15, 0.2) is 0 Å². The molecule has 0 aliphatic carbocycles. The molecule has 0 aliphatic heterocycles. The molecule has 150 valence electrons. The second-order valence-corrected chi connectivity index (χ2v) is 8.62. The quantitative estimate of drug-likeness (QED) is 0.210. The summed E-state index contributed by atoms with van der Waals surface area (Å²) in [6, 6.07) is 15.1. The Kier molecular flexibility index (Phi) is 10.8. The first-order valence-electron chi connectivity index (χ1n) is 9.54. The fourth-order valence-electron chi connectivity index (χ4n) is 2.68. The molecule has 0 radical (unpaired) electrons. The van der Waals surface area contributed by atoms with Crippen molar-refractivity contribution < 1.29 is 9.59 Å². The highest BCUT2D eigenvalue weighted by molar-refractivity contribution is 14.1. The summed E-state index contributed by atoms with van der Waals surface area (Å²) in [5, 5.41) is 5.90. The normalized spacial score (nSPS) is 10.5. The van der Waals surface area contributed by atoms with E-state index in [1.165, 1.54) is 0 Å². The summed E-state index contributed by atoms with van der Waals surface area (Å²) < 4.78 is 2.22. The Morgan fingerprint density at radius 3 is 1.29 bits per heavy atom. The van der Waals surface area contributed by atoms with Crippen LogP contribution in [0.15, 0.2) is 48.5 Å². The first kappa shape index (κ1) is 23.1. The molecule has 0 unspecified atom stereocenters. The van der Waals surface area contributed by atoms with Crippen LogP contribution in [0.5, 0.6) is 0 Å². The van der Waals surface area contributed by atoms with Crippen LogP contribution in [0.4, 0.5) is 0 Å². The van der Waals surface area contributed by atoms with Crippen molar-refractivity contribution >= 4 is 57.0 Å². The molecule has 0 saturated heterocycles. The highest BCUT2D eigenvalue weighted by Gasteiger charge is 2.07. The fraction of sp³-hybridized carbons (Fsp3) is 0.364. The van der Waals surface area contributed by atoms with Crippen LogP contribution in [0.1, 0.15) is 46.4 Å². The number of carbonyl (C=O) groups is 2. The van der Waals surface area contributed by atoms with E-state index in [0.717, 1.165) is 45.7 Å². The van der Waals surface area contributed by atoms with Gasteiger partial charge in [-0.15, -0.1) is 0 Å². The zero-order valence-corrected chi connectivity index (χ0v) is 20.2. The molecule has 2 amide bonds. The van der Waals surface area contributed by atoms with Gasteiger partial charge in [0, 0.05) is 24.2 Å². The van der Waals surface area contributed by atoms with E-state index in [1.807, 2.05) is 48.5 Å². The smallest absolute Gasteiger partial charge is 0.251 e. The van der Waals surface area contributed by atoms with E-state index in [0.29, 0.717) is 24.2 Å². The van der Waals surface area contributed by atoms with E-state index < -0.39 is 0 Å². The minimum atomic E-state index is -0.0328. The van der Waals surface area contributed by atoms with Crippen LogP contribution in [0.25, 0.3) is 11.1 Å². The minimum absolute atomic E-state index is 0.0328.